The Morgan fingerprint density at radius 2 is 1.94 bits per heavy atom. The summed E-state index contributed by atoms with van der Waals surface area (Å²) in [7, 11) is 0. The van der Waals surface area contributed by atoms with Crippen molar-refractivity contribution in [2.75, 3.05) is 0 Å². The van der Waals surface area contributed by atoms with Crippen LogP contribution in [-0.2, 0) is 6.54 Å². The summed E-state index contributed by atoms with van der Waals surface area (Å²) in [5, 5.41) is 3.42. The Balaban J connectivity index is 1.95. The van der Waals surface area contributed by atoms with E-state index in [9.17, 15) is 4.39 Å². The molecule has 0 fully saturated rings. The predicted molar refractivity (Wildman–Crippen MR) is 81.4 cm³/mol. The summed E-state index contributed by atoms with van der Waals surface area (Å²) >= 11 is 8.65. The molecule has 5 heteroatoms. The molecule has 0 aliphatic carbocycles. The molecule has 1 atom stereocenters. The minimum absolute atomic E-state index is 0.197. The molecule has 96 valence electrons. The summed E-state index contributed by atoms with van der Waals surface area (Å²) in [6.07, 6.45) is 0. The van der Waals surface area contributed by atoms with Gasteiger partial charge in [-0.2, -0.15) is 0 Å². The number of rotatable bonds is 4. The monoisotopic (exact) mass is 391 g/mol. The number of hydrogen-bond acceptors (Lipinski definition) is 2. The van der Waals surface area contributed by atoms with Gasteiger partial charge in [-0.15, -0.1) is 11.3 Å². The van der Waals surface area contributed by atoms with Crippen LogP contribution in [0.1, 0.15) is 23.4 Å². The number of halogens is 3. The van der Waals surface area contributed by atoms with Crippen LogP contribution in [-0.4, -0.2) is 0 Å². The van der Waals surface area contributed by atoms with E-state index in [1.54, 1.807) is 11.3 Å². The lowest BCUT2D eigenvalue weighted by atomic mass is 10.1. The van der Waals surface area contributed by atoms with E-state index in [1.165, 1.54) is 17.0 Å². The number of nitrogens with one attached hydrogen (secondary N) is 1. The van der Waals surface area contributed by atoms with Crippen molar-refractivity contribution in [1.82, 2.24) is 5.32 Å². The van der Waals surface area contributed by atoms with Gasteiger partial charge in [0.05, 0.1) is 3.79 Å². The van der Waals surface area contributed by atoms with Crippen molar-refractivity contribution in [2.24, 2.45) is 0 Å². The van der Waals surface area contributed by atoms with Gasteiger partial charge in [-0.05, 0) is 62.5 Å². The molecule has 1 nitrogen and oxygen atoms in total. The average molecular weight is 393 g/mol. The molecule has 0 saturated heterocycles. The highest BCUT2D eigenvalue weighted by Gasteiger charge is 2.07. The lowest BCUT2D eigenvalue weighted by molar-refractivity contribution is 0.575. The molecule has 1 N–H and O–H groups in total. The quantitative estimate of drug-likeness (QED) is 0.747. The van der Waals surface area contributed by atoms with Crippen LogP contribution < -0.4 is 5.32 Å². The van der Waals surface area contributed by atoms with E-state index in [2.05, 4.69) is 50.2 Å². The van der Waals surface area contributed by atoms with Gasteiger partial charge < -0.3 is 5.32 Å². The first-order valence-corrected chi connectivity index (χ1v) is 7.89. The zero-order valence-corrected chi connectivity index (χ0v) is 13.7. The molecule has 1 aromatic carbocycles. The SMILES string of the molecule is CC(NCc1cc(Br)c(Br)s1)c1ccc(F)cc1. The second-order valence-corrected chi connectivity index (χ2v) is 7.30. The molecule has 2 aromatic rings. The number of benzene rings is 1. The van der Waals surface area contributed by atoms with Crippen molar-refractivity contribution < 1.29 is 4.39 Å². The van der Waals surface area contributed by atoms with Gasteiger partial charge in [-0.25, -0.2) is 4.39 Å². The van der Waals surface area contributed by atoms with E-state index in [0.717, 1.165) is 20.4 Å². The highest BCUT2D eigenvalue weighted by Crippen LogP contribution is 2.32. The van der Waals surface area contributed by atoms with Crippen LogP contribution in [0.25, 0.3) is 0 Å². The molecule has 0 spiro atoms. The average Bonchev–Trinajstić information content (AvgIpc) is 2.67. The molecular weight excluding hydrogens is 381 g/mol. The van der Waals surface area contributed by atoms with Crippen LogP contribution in [0.5, 0.6) is 0 Å². The topological polar surface area (TPSA) is 12.0 Å². The van der Waals surface area contributed by atoms with Crippen molar-refractivity contribution in [3.05, 3.63) is 54.8 Å². The Morgan fingerprint density at radius 3 is 2.50 bits per heavy atom. The van der Waals surface area contributed by atoms with Gasteiger partial charge in [0.2, 0.25) is 0 Å². The maximum Gasteiger partial charge on any atom is 0.123 e. The second kappa shape index (κ2) is 6.28. The van der Waals surface area contributed by atoms with E-state index < -0.39 is 0 Å². The van der Waals surface area contributed by atoms with E-state index >= 15 is 0 Å². The smallest absolute Gasteiger partial charge is 0.123 e. The first-order chi connectivity index (χ1) is 8.56. The summed E-state index contributed by atoms with van der Waals surface area (Å²) in [6.45, 7) is 2.87. The molecule has 0 saturated carbocycles. The molecule has 1 aromatic heterocycles. The molecule has 0 aliphatic rings. The van der Waals surface area contributed by atoms with Gasteiger partial charge in [0, 0.05) is 21.9 Å². The fraction of sp³-hybridized carbons (Fsp3) is 0.231. The first-order valence-electron chi connectivity index (χ1n) is 5.49. The Bertz CT molecular complexity index is 505. The zero-order chi connectivity index (χ0) is 13.1. The third-order valence-corrected chi connectivity index (χ3v) is 5.90. The molecule has 1 unspecified atom stereocenters. The van der Waals surface area contributed by atoms with Crippen LogP contribution in [0.4, 0.5) is 4.39 Å². The minimum Gasteiger partial charge on any atom is -0.305 e. The summed E-state index contributed by atoms with van der Waals surface area (Å²) in [4.78, 5) is 1.25. The molecule has 1 heterocycles. The van der Waals surface area contributed by atoms with Gasteiger partial charge in [0.15, 0.2) is 0 Å². The van der Waals surface area contributed by atoms with Crippen LogP contribution in [0.2, 0.25) is 0 Å². The van der Waals surface area contributed by atoms with Crippen molar-refractivity contribution in [3.8, 4) is 0 Å². The minimum atomic E-state index is -0.197. The second-order valence-electron chi connectivity index (χ2n) is 3.99. The van der Waals surface area contributed by atoms with E-state index in [0.29, 0.717) is 0 Å². The van der Waals surface area contributed by atoms with Crippen molar-refractivity contribution in [1.29, 1.82) is 0 Å². The first kappa shape index (κ1) is 14.2. The van der Waals surface area contributed by atoms with Gasteiger partial charge in [-0.3, -0.25) is 0 Å². The highest BCUT2D eigenvalue weighted by atomic mass is 79.9. The Hall–Kier alpha value is -0.230. The molecule has 0 aliphatic heterocycles. The maximum absolute atomic E-state index is 12.8. The summed E-state index contributed by atoms with van der Waals surface area (Å²) in [6, 6.07) is 8.90. The predicted octanol–water partition coefficient (Wildman–Crippen LogP) is 5.26. The van der Waals surface area contributed by atoms with Crippen molar-refractivity contribution in [2.45, 2.75) is 19.5 Å². The fourth-order valence-electron chi connectivity index (χ4n) is 1.60. The van der Waals surface area contributed by atoms with Gasteiger partial charge in [-0.1, -0.05) is 12.1 Å². The molecule has 0 amide bonds. The summed E-state index contributed by atoms with van der Waals surface area (Å²) in [5.74, 6) is -0.197. The van der Waals surface area contributed by atoms with Crippen LogP contribution in [0.3, 0.4) is 0 Å². The largest absolute Gasteiger partial charge is 0.305 e. The molecular formula is C13H12Br2FNS. The van der Waals surface area contributed by atoms with Gasteiger partial charge in [0.25, 0.3) is 0 Å². The van der Waals surface area contributed by atoms with Crippen LogP contribution in [0, 0.1) is 5.82 Å². The lowest BCUT2D eigenvalue weighted by Crippen LogP contribution is -2.17. The standard InChI is InChI=1S/C13H12Br2FNS/c1-8(9-2-4-10(16)5-3-9)17-7-11-6-12(14)13(15)18-11/h2-6,8,17H,7H2,1H3. The Morgan fingerprint density at radius 1 is 1.28 bits per heavy atom. The van der Waals surface area contributed by atoms with Crippen molar-refractivity contribution >= 4 is 43.2 Å². The third-order valence-electron chi connectivity index (χ3n) is 2.65. The summed E-state index contributed by atoms with van der Waals surface area (Å²) in [5.41, 5.74) is 1.09. The van der Waals surface area contributed by atoms with Crippen LogP contribution >= 0.6 is 43.2 Å². The normalized spacial score (nSPS) is 12.7. The van der Waals surface area contributed by atoms with Crippen molar-refractivity contribution in [3.63, 3.8) is 0 Å². The molecule has 18 heavy (non-hydrogen) atoms. The van der Waals surface area contributed by atoms with E-state index in [-0.39, 0.29) is 11.9 Å². The molecule has 0 radical (unpaired) electrons. The van der Waals surface area contributed by atoms with E-state index in [1.807, 2.05) is 12.1 Å². The molecule has 0 bridgehead atoms. The molecule has 2 rings (SSSR count). The zero-order valence-electron chi connectivity index (χ0n) is 9.71. The summed E-state index contributed by atoms with van der Waals surface area (Å²) < 4.78 is 15.0. The fourth-order valence-corrected chi connectivity index (χ4v) is 3.73. The van der Waals surface area contributed by atoms with Gasteiger partial charge >= 0.3 is 0 Å². The van der Waals surface area contributed by atoms with Crippen LogP contribution in [0.15, 0.2) is 38.6 Å². The maximum atomic E-state index is 12.8. The lowest BCUT2D eigenvalue weighted by Gasteiger charge is -2.13. The van der Waals surface area contributed by atoms with Gasteiger partial charge in [0.1, 0.15) is 5.82 Å². The number of thiophene rings is 1. The Kier molecular flexibility index (Phi) is 4.95. The Labute approximate surface area is 127 Å². The van der Waals surface area contributed by atoms with E-state index in [4.69, 9.17) is 0 Å². The third kappa shape index (κ3) is 3.63. The number of hydrogen-bond donors (Lipinski definition) is 1. The highest BCUT2D eigenvalue weighted by molar-refractivity contribution is 9.13.